The number of unbranched alkanes of at least 4 members (excludes halogenated alkanes) is 1. The van der Waals surface area contributed by atoms with Crippen molar-refractivity contribution in [2.75, 3.05) is 19.7 Å². The highest BCUT2D eigenvalue weighted by Crippen LogP contribution is 1.98. The van der Waals surface area contributed by atoms with Gasteiger partial charge >= 0.3 is 12.2 Å². The summed E-state index contributed by atoms with van der Waals surface area (Å²) in [4.78, 5) is 21.4. The number of carbonyl (C=O) groups is 2. The summed E-state index contributed by atoms with van der Waals surface area (Å²) in [6.07, 6.45) is 1.11. The molecule has 0 heterocycles. The molecular weight excluding hydrogens is 224 g/mol. The Balaban J connectivity index is 3.45. The molecule has 3 N–H and O–H groups in total. The van der Waals surface area contributed by atoms with Gasteiger partial charge in [-0.05, 0) is 18.8 Å². The summed E-state index contributed by atoms with van der Waals surface area (Å²) in [6.45, 7) is 5.29. The lowest BCUT2D eigenvalue weighted by Crippen LogP contribution is -2.31. The van der Waals surface area contributed by atoms with E-state index in [4.69, 9.17) is 9.84 Å². The Bertz CT molecular complexity index is 234. The third-order valence-corrected chi connectivity index (χ3v) is 2.24. The first kappa shape index (κ1) is 15.5. The Morgan fingerprint density at radius 3 is 2.65 bits per heavy atom. The molecule has 0 rings (SSSR count). The maximum absolute atomic E-state index is 11.2. The van der Waals surface area contributed by atoms with Crippen molar-refractivity contribution in [1.29, 1.82) is 0 Å². The molecule has 6 heteroatoms. The van der Waals surface area contributed by atoms with Crippen LogP contribution in [-0.2, 0) is 4.74 Å². The van der Waals surface area contributed by atoms with E-state index in [1.54, 1.807) is 0 Å². The molecule has 1 atom stereocenters. The lowest BCUT2D eigenvalue weighted by Gasteiger charge is -2.12. The third-order valence-electron chi connectivity index (χ3n) is 2.24. The maximum Gasteiger partial charge on any atom is 0.407 e. The number of nitrogens with one attached hydrogen (secondary N) is 2. The van der Waals surface area contributed by atoms with Crippen LogP contribution in [0.15, 0.2) is 0 Å². The fourth-order valence-electron chi connectivity index (χ4n) is 1.15. The van der Waals surface area contributed by atoms with Crippen LogP contribution in [-0.4, -0.2) is 37.0 Å². The van der Waals surface area contributed by atoms with Gasteiger partial charge in [-0.2, -0.15) is 0 Å². The largest absolute Gasteiger partial charge is 0.465 e. The third kappa shape index (κ3) is 10.8. The van der Waals surface area contributed by atoms with Crippen LogP contribution in [0.4, 0.5) is 9.59 Å². The zero-order chi connectivity index (χ0) is 13.1. The fourth-order valence-corrected chi connectivity index (χ4v) is 1.15. The average Bonchev–Trinajstić information content (AvgIpc) is 2.26. The molecule has 0 saturated heterocycles. The molecule has 0 aromatic rings. The van der Waals surface area contributed by atoms with Crippen molar-refractivity contribution < 1.29 is 19.4 Å². The first-order valence-electron chi connectivity index (χ1n) is 5.93. The Labute approximate surface area is 102 Å². The van der Waals surface area contributed by atoms with Crippen LogP contribution in [0.5, 0.6) is 0 Å². The van der Waals surface area contributed by atoms with Crippen molar-refractivity contribution in [2.24, 2.45) is 5.92 Å². The Kier molecular flexibility index (Phi) is 8.91. The smallest absolute Gasteiger partial charge is 0.407 e. The van der Waals surface area contributed by atoms with Crippen molar-refractivity contribution in [3.8, 4) is 0 Å². The summed E-state index contributed by atoms with van der Waals surface area (Å²) in [5.74, 6) is 0.209. The second-order valence-corrected chi connectivity index (χ2v) is 4.00. The number of rotatable bonds is 8. The lowest BCUT2D eigenvalue weighted by molar-refractivity contribution is 0.143. The minimum Gasteiger partial charge on any atom is -0.465 e. The second kappa shape index (κ2) is 9.74. The van der Waals surface area contributed by atoms with E-state index < -0.39 is 12.2 Å². The van der Waals surface area contributed by atoms with Gasteiger partial charge in [-0.1, -0.05) is 20.3 Å². The molecule has 0 aliphatic carbocycles. The molecule has 0 spiro atoms. The normalized spacial score (nSPS) is 11.6. The van der Waals surface area contributed by atoms with Crippen LogP contribution < -0.4 is 10.6 Å². The van der Waals surface area contributed by atoms with Crippen LogP contribution in [0.25, 0.3) is 0 Å². The van der Waals surface area contributed by atoms with Crippen molar-refractivity contribution >= 4 is 12.2 Å². The molecule has 0 bridgehead atoms. The van der Waals surface area contributed by atoms with Crippen LogP contribution in [0.2, 0.25) is 0 Å². The number of carboxylic acid groups (broad SMARTS) is 1. The van der Waals surface area contributed by atoms with Gasteiger partial charge in [0.1, 0.15) is 0 Å². The highest BCUT2D eigenvalue weighted by Gasteiger charge is 2.06. The van der Waals surface area contributed by atoms with E-state index in [-0.39, 0.29) is 5.92 Å². The highest BCUT2D eigenvalue weighted by atomic mass is 16.5. The molecule has 100 valence electrons. The summed E-state index contributed by atoms with van der Waals surface area (Å²) in [5.41, 5.74) is 0. The summed E-state index contributed by atoms with van der Waals surface area (Å²) < 4.78 is 4.92. The summed E-state index contributed by atoms with van der Waals surface area (Å²) >= 11 is 0. The number of carbonyl (C=O) groups excluding carboxylic acids is 1. The standard InChI is InChI=1S/C11H22N2O4/c1-3-4-7-17-11(16)13-8-9(2)5-6-12-10(14)15/h9,12H,3-8H2,1-2H3,(H,13,16)(H,14,15). The van der Waals surface area contributed by atoms with Gasteiger partial charge < -0.3 is 20.5 Å². The van der Waals surface area contributed by atoms with Crippen molar-refractivity contribution in [1.82, 2.24) is 10.6 Å². The molecule has 6 nitrogen and oxygen atoms in total. The van der Waals surface area contributed by atoms with E-state index in [0.717, 1.165) is 12.8 Å². The molecule has 0 radical (unpaired) electrons. The first-order valence-corrected chi connectivity index (χ1v) is 5.93. The van der Waals surface area contributed by atoms with Gasteiger partial charge in [-0.15, -0.1) is 0 Å². The van der Waals surface area contributed by atoms with E-state index >= 15 is 0 Å². The number of ether oxygens (including phenoxy) is 1. The quantitative estimate of drug-likeness (QED) is 0.570. The molecule has 1 unspecified atom stereocenters. The maximum atomic E-state index is 11.2. The van der Waals surface area contributed by atoms with Crippen molar-refractivity contribution in [2.45, 2.75) is 33.1 Å². The minimum atomic E-state index is -1.02. The minimum absolute atomic E-state index is 0.209. The fraction of sp³-hybridized carbons (Fsp3) is 0.818. The van der Waals surface area contributed by atoms with E-state index in [1.807, 2.05) is 13.8 Å². The van der Waals surface area contributed by atoms with Gasteiger partial charge in [-0.25, -0.2) is 9.59 Å². The van der Waals surface area contributed by atoms with Gasteiger partial charge in [0.2, 0.25) is 0 Å². The van der Waals surface area contributed by atoms with Gasteiger partial charge in [0.05, 0.1) is 6.61 Å². The monoisotopic (exact) mass is 246 g/mol. The van der Waals surface area contributed by atoms with E-state index in [2.05, 4.69) is 10.6 Å². The van der Waals surface area contributed by atoms with Gasteiger partial charge in [0.15, 0.2) is 0 Å². The molecule has 0 aliphatic rings. The SMILES string of the molecule is CCCCOC(=O)NCC(C)CCNC(=O)O. The number of hydrogen-bond donors (Lipinski definition) is 3. The molecule has 0 aromatic heterocycles. The highest BCUT2D eigenvalue weighted by molar-refractivity contribution is 5.67. The van der Waals surface area contributed by atoms with E-state index in [9.17, 15) is 9.59 Å². The van der Waals surface area contributed by atoms with Crippen molar-refractivity contribution in [3.63, 3.8) is 0 Å². The number of hydrogen-bond acceptors (Lipinski definition) is 3. The second-order valence-electron chi connectivity index (χ2n) is 4.00. The summed E-state index contributed by atoms with van der Waals surface area (Å²) in [7, 11) is 0. The molecule has 0 saturated carbocycles. The summed E-state index contributed by atoms with van der Waals surface area (Å²) in [6, 6.07) is 0. The Morgan fingerprint density at radius 2 is 2.06 bits per heavy atom. The zero-order valence-corrected chi connectivity index (χ0v) is 10.5. The molecular formula is C11H22N2O4. The Morgan fingerprint density at radius 1 is 1.35 bits per heavy atom. The Hall–Kier alpha value is -1.46. The topological polar surface area (TPSA) is 87.7 Å². The first-order chi connectivity index (χ1) is 8.06. The van der Waals surface area contributed by atoms with E-state index in [1.165, 1.54) is 0 Å². The summed E-state index contributed by atoms with van der Waals surface area (Å²) in [5, 5.41) is 13.3. The predicted octanol–water partition coefficient (Wildman–Crippen LogP) is 1.81. The van der Waals surface area contributed by atoms with Crippen molar-refractivity contribution in [3.05, 3.63) is 0 Å². The van der Waals surface area contributed by atoms with Gasteiger partial charge in [-0.3, -0.25) is 0 Å². The van der Waals surface area contributed by atoms with Crippen LogP contribution in [0.1, 0.15) is 33.1 Å². The molecule has 0 aliphatic heterocycles. The number of alkyl carbamates (subject to hydrolysis) is 1. The average molecular weight is 246 g/mol. The predicted molar refractivity (Wildman–Crippen MR) is 64.1 cm³/mol. The molecule has 0 fully saturated rings. The molecule has 0 aromatic carbocycles. The van der Waals surface area contributed by atoms with Gasteiger partial charge in [0.25, 0.3) is 0 Å². The van der Waals surface area contributed by atoms with Crippen LogP contribution in [0.3, 0.4) is 0 Å². The van der Waals surface area contributed by atoms with Crippen LogP contribution in [0, 0.1) is 5.92 Å². The molecule has 17 heavy (non-hydrogen) atoms. The zero-order valence-electron chi connectivity index (χ0n) is 10.5. The van der Waals surface area contributed by atoms with Crippen LogP contribution >= 0.6 is 0 Å². The number of amides is 2. The molecule has 2 amide bonds. The lowest BCUT2D eigenvalue weighted by atomic mass is 10.1. The van der Waals surface area contributed by atoms with Gasteiger partial charge in [0, 0.05) is 13.1 Å². The van der Waals surface area contributed by atoms with E-state index in [0.29, 0.717) is 26.1 Å².